The Kier molecular flexibility index (Phi) is 4.16. The van der Waals surface area contributed by atoms with E-state index in [1.165, 1.54) is 13.2 Å². The fourth-order valence-corrected chi connectivity index (χ4v) is 2.85. The molecular weight excluding hydrogens is 308 g/mol. The summed E-state index contributed by atoms with van der Waals surface area (Å²) in [6, 6.07) is 8.65. The van der Waals surface area contributed by atoms with Gasteiger partial charge in [-0.3, -0.25) is 4.79 Å². The number of methoxy groups -OCH3 is 3. The highest BCUT2D eigenvalue weighted by Gasteiger charge is 2.26. The minimum atomic E-state index is -0.0854. The van der Waals surface area contributed by atoms with Gasteiger partial charge in [0.1, 0.15) is 0 Å². The van der Waals surface area contributed by atoms with Crippen molar-refractivity contribution in [1.29, 1.82) is 0 Å². The van der Waals surface area contributed by atoms with Gasteiger partial charge >= 0.3 is 0 Å². The quantitative estimate of drug-likeness (QED) is 0.874. The predicted octanol–water partition coefficient (Wildman–Crippen LogP) is 3.24. The van der Waals surface area contributed by atoms with Crippen LogP contribution in [-0.2, 0) is 6.42 Å². The number of hydrogen-bond donors (Lipinski definition) is 1. The highest BCUT2D eigenvalue weighted by atomic mass is 16.5. The van der Waals surface area contributed by atoms with Gasteiger partial charge in [0.25, 0.3) is 0 Å². The van der Waals surface area contributed by atoms with Gasteiger partial charge in [0.05, 0.1) is 21.3 Å². The average molecular weight is 326 g/mol. The van der Waals surface area contributed by atoms with Crippen LogP contribution in [0.15, 0.2) is 35.9 Å². The normalized spacial score (nSPS) is 14.6. The lowest BCUT2D eigenvalue weighted by molar-refractivity contribution is 0.104. The molecule has 0 radical (unpaired) electrons. The maximum atomic E-state index is 12.6. The van der Waals surface area contributed by atoms with Gasteiger partial charge in [-0.1, -0.05) is 6.07 Å². The Bertz CT molecular complexity index is 836. The lowest BCUT2D eigenvalue weighted by atomic mass is 10.1. The largest absolute Gasteiger partial charge is 0.504 e. The molecule has 0 saturated carbocycles. The average Bonchev–Trinajstić information content (AvgIpc) is 2.89. The molecule has 2 aromatic carbocycles. The summed E-state index contributed by atoms with van der Waals surface area (Å²) in [7, 11) is 4.63. The molecule has 0 fully saturated rings. The van der Waals surface area contributed by atoms with Gasteiger partial charge in [-0.15, -0.1) is 0 Å². The number of rotatable bonds is 4. The molecule has 3 rings (SSSR count). The second kappa shape index (κ2) is 6.28. The van der Waals surface area contributed by atoms with E-state index in [4.69, 9.17) is 14.2 Å². The van der Waals surface area contributed by atoms with Crippen LogP contribution in [0.4, 0.5) is 0 Å². The summed E-state index contributed by atoms with van der Waals surface area (Å²) in [5, 5.41) is 9.87. The van der Waals surface area contributed by atoms with Gasteiger partial charge in [-0.25, -0.2) is 0 Å². The third-order valence-corrected chi connectivity index (χ3v) is 4.07. The van der Waals surface area contributed by atoms with E-state index in [1.807, 2.05) is 18.2 Å². The number of ketones is 1. The number of carbonyl (C=O) groups is 1. The summed E-state index contributed by atoms with van der Waals surface area (Å²) in [6.45, 7) is 0. The number of fused-ring (bicyclic) bond motifs is 1. The first kappa shape index (κ1) is 15.9. The molecule has 0 aliphatic heterocycles. The summed E-state index contributed by atoms with van der Waals surface area (Å²) in [5.41, 5.74) is 2.87. The first-order valence-electron chi connectivity index (χ1n) is 7.44. The van der Waals surface area contributed by atoms with Crippen molar-refractivity contribution in [3.8, 4) is 23.0 Å². The molecule has 124 valence electrons. The minimum absolute atomic E-state index is 0.0306. The monoisotopic (exact) mass is 326 g/mol. The number of benzene rings is 2. The van der Waals surface area contributed by atoms with Gasteiger partial charge in [0.2, 0.25) is 0 Å². The molecular formula is C19H18O5. The molecule has 1 aliphatic carbocycles. The molecule has 1 aliphatic rings. The van der Waals surface area contributed by atoms with Gasteiger partial charge in [0, 0.05) is 17.6 Å². The Hall–Kier alpha value is -2.95. The van der Waals surface area contributed by atoms with E-state index in [0.717, 1.165) is 11.1 Å². The number of hydrogen-bond acceptors (Lipinski definition) is 5. The van der Waals surface area contributed by atoms with Gasteiger partial charge in [-0.2, -0.15) is 0 Å². The Labute approximate surface area is 140 Å². The fourth-order valence-electron chi connectivity index (χ4n) is 2.85. The molecule has 0 unspecified atom stereocenters. The molecule has 0 amide bonds. The number of aromatic hydroxyl groups is 1. The Balaban J connectivity index is 1.97. The number of ether oxygens (including phenoxy) is 3. The van der Waals surface area contributed by atoms with E-state index in [-0.39, 0.29) is 11.5 Å². The molecule has 5 heteroatoms. The van der Waals surface area contributed by atoms with Crippen LogP contribution in [0.25, 0.3) is 6.08 Å². The molecule has 2 aromatic rings. The van der Waals surface area contributed by atoms with Gasteiger partial charge < -0.3 is 19.3 Å². The molecule has 0 spiro atoms. The Morgan fingerprint density at radius 1 is 0.958 bits per heavy atom. The minimum Gasteiger partial charge on any atom is -0.504 e. The summed E-state index contributed by atoms with van der Waals surface area (Å²) in [6.07, 6.45) is 2.33. The van der Waals surface area contributed by atoms with Gasteiger partial charge in [0.15, 0.2) is 28.8 Å². The van der Waals surface area contributed by atoms with E-state index < -0.39 is 0 Å². The lowest BCUT2D eigenvalue weighted by Crippen LogP contribution is -1.96. The second-order valence-corrected chi connectivity index (χ2v) is 5.47. The fraction of sp³-hybridized carbons (Fsp3) is 0.211. The van der Waals surface area contributed by atoms with E-state index in [1.54, 1.807) is 26.4 Å². The van der Waals surface area contributed by atoms with Crippen LogP contribution in [0.1, 0.15) is 21.5 Å². The predicted molar refractivity (Wildman–Crippen MR) is 90.2 cm³/mol. The standard InChI is InChI=1S/C19H18O5/c1-22-16-5-4-11(7-18(16)24-3)6-13-8-12-9-17(23-2)15(20)10-14(12)19(13)21/h4-7,9-10,20H,8H2,1-3H3/b13-6+. The van der Waals surface area contributed by atoms with E-state index in [2.05, 4.69) is 0 Å². The van der Waals surface area contributed by atoms with Crippen LogP contribution in [-0.4, -0.2) is 32.2 Å². The van der Waals surface area contributed by atoms with Crippen molar-refractivity contribution in [3.05, 3.63) is 52.6 Å². The van der Waals surface area contributed by atoms with Crippen LogP contribution in [0.5, 0.6) is 23.0 Å². The van der Waals surface area contributed by atoms with E-state index in [9.17, 15) is 9.90 Å². The first-order chi connectivity index (χ1) is 11.6. The summed E-state index contributed by atoms with van der Waals surface area (Å²) < 4.78 is 15.6. The highest BCUT2D eigenvalue weighted by molar-refractivity contribution is 6.15. The zero-order valence-corrected chi connectivity index (χ0v) is 13.8. The maximum Gasteiger partial charge on any atom is 0.189 e. The first-order valence-corrected chi connectivity index (χ1v) is 7.44. The summed E-state index contributed by atoms with van der Waals surface area (Å²) >= 11 is 0. The van der Waals surface area contributed by atoms with Crippen LogP contribution < -0.4 is 14.2 Å². The van der Waals surface area contributed by atoms with Crippen molar-refractivity contribution < 1.29 is 24.1 Å². The number of allylic oxidation sites excluding steroid dienone is 1. The number of phenols is 1. The SMILES string of the molecule is COc1cc2c(cc1O)C(=O)/C(=C/c1ccc(OC)c(OC)c1)C2. The van der Waals surface area contributed by atoms with Crippen molar-refractivity contribution in [3.63, 3.8) is 0 Å². The van der Waals surface area contributed by atoms with Crippen molar-refractivity contribution in [2.75, 3.05) is 21.3 Å². The van der Waals surface area contributed by atoms with Crippen LogP contribution in [0.2, 0.25) is 0 Å². The lowest BCUT2D eigenvalue weighted by Gasteiger charge is -2.08. The zero-order valence-electron chi connectivity index (χ0n) is 13.8. The maximum absolute atomic E-state index is 12.6. The van der Waals surface area contributed by atoms with Crippen molar-refractivity contribution in [2.45, 2.75) is 6.42 Å². The number of phenolic OH excluding ortho intramolecular Hbond substituents is 1. The molecule has 0 aromatic heterocycles. The molecule has 1 N–H and O–H groups in total. The van der Waals surface area contributed by atoms with Crippen LogP contribution in [0.3, 0.4) is 0 Å². The molecule has 0 bridgehead atoms. The van der Waals surface area contributed by atoms with Crippen LogP contribution >= 0.6 is 0 Å². The summed E-state index contributed by atoms with van der Waals surface area (Å²) in [5.74, 6) is 1.49. The van der Waals surface area contributed by atoms with Crippen molar-refractivity contribution in [1.82, 2.24) is 0 Å². The smallest absolute Gasteiger partial charge is 0.189 e. The Morgan fingerprint density at radius 2 is 1.67 bits per heavy atom. The Morgan fingerprint density at radius 3 is 2.33 bits per heavy atom. The third-order valence-electron chi connectivity index (χ3n) is 4.07. The number of Topliss-reactive ketones (excluding diaryl/α,β-unsaturated/α-hetero) is 1. The van der Waals surface area contributed by atoms with Crippen LogP contribution in [0, 0.1) is 0 Å². The molecule has 0 heterocycles. The van der Waals surface area contributed by atoms with Crippen molar-refractivity contribution >= 4 is 11.9 Å². The van der Waals surface area contributed by atoms with E-state index in [0.29, 0.717) is 34.8 Å². The highest BCUT2D eigenvalue weighted by Crippen LogP contribution is 2.37. The topological polar surface area (TPSA) is 65.0 Å². The second-order valence-electron chi connectivity index (χ2n) is 5.47. The van der Waals surface area contributed by atoms with Crippen molar-refractivity contribution in [2.24, 2.45) is 0 Å². The molecule has 24 heavy (non-hydrogen) atoms. The molecule has 0 atom stereocenters. The number of carbonyl (C=O) groups excluding carboxylic acids is 1. The van der Waals surface area contributed by atoms with E-state index >= 15 is 0 Å². The molecule has 5 nitrogen and oxygen atoms in total. The third kappa shape index (κ3) is 2.69. The summed E-state index contributed by atoms with van der Waals surface area (Å²) in [4.78, 5) is 12.6. The zero-order chi connectivity index (χ0) is 17.3. The molecule has 0 saturated heterocycles. The van der Waals surface area contributed by atoms with Gasteiger partial charge in [-0.05, 0) is 41.5 Å².